The molecule has 92 valence electrons. The van der Waals surface area contributed by atoms with E-state index in [4.69, 9.17) is 4.52 Å². The van der Waals surface area contributed by atoms with Crippen molar-refractivity contribution in [1.82, 2.24) is 15.5 Å². The largest absolute Gasteiger partial charge is 0.337 e. The maximum atomic E-state index is 13.0. The van der Waals surface area contributed by atoms with Crippen molar-refractivity contribution in [2.75, 3.05) is 6.54 Å². The predicted molar refractivity (Wildman–Crippen MR) is 65.1 cm³/mol. The molecule has 0 aliphatic carbocycles. The fourth-order valence-electron chi connectivity index (χ4n) is 1.76. The minimum Gasteiger partial charge on any atom is -0.337 e. The lowest BCUT2D eigenvalue weighted by atomic mass is 10.2. The molecule has 0 aromatic carbocycles. The summed E-state index contributed by atoms with van der Waals surface area (Å²) >= 11 is 1.55. The summed E-state index contributed by atoms with van der Waals surface area (Å²) in [5, 5.41) is 8.86. The van der Waals surface area contributed by atoms with Crippen LogP contribution in [0.25, 0.3) is 10.7 Å². The first-order chi connectivity index (χ1) is 7.83. The highest BCUT2D eigenvalue weighted by atomic mass is 35.5. The molecule has 4 nitrogen and oxygen atoms in total. The van der Waals surface area contributed by atoms with Gasteiger partial charge in [-0.15, -0.1) is 23.7 Å². The summed E-state index contributed by atoms with van der Waals surface area (Å²) in [5.74, 6) is 1.05. The Morgan fingerprint density at radius 2 is 2.41 bits per heavy atom. The van der Waals surface area contributed by atoms with Crippen molar-refractivity contribution in [3.05, 3.63) is 23.4 Å². The van der Waals surface area contributed by atoms with Crippen molar-refractivity contribution in [2.24, 2.45) is 0 Å². The number of nitrogens with one attached hydrogen (secondary N) is 1. The van der Waals surface area contributed by atoms with Crippen molar-refractivity contribution in [3.8, 4) is 10.7 Å². The number of hydrogen-bond donors (Lipinski definition) is 1. The highest BCUT2D eigenvalue weighted by Crippen LogP contribution is 2.27. The van der Waals surface area contributed by atoms with Crippen LogP contribution < -0.4 is 5.32 Å². The van der Waals surface area contributed by atoms with Gasteiger partial charge in [0.2, 0.25) is 11.7 Å². The number of aromatic nitrogens is 2. The van der Waals surface area contributed by atoms with Crippen molar-refractivity contribution < 1.29 is 8.91 Å². The van der Waals surface area contributed by atoms with Gasteiger partial charge in [-0.1, -0.05) is 11.2 Å². The minimum absolute atomic E-state index is 0. The molecule has 1 aliphatic heterocycles. The van der Waals surface area contributed by atoms with Gasteiger partial charge in [-0.05, 0) is 11.4 Å². The van der Waals surface area contributed by atoms with Gasteiger partial charge in [-0.3, -0.25) is 0 Å². The van der Waals surface area contributed by atoms with E-state index in [9.17, 15) is 4.39 Å². The van der Waals surface area contributed by atoms with Gasteiger partial charge in [0.1, 0.15) is 6.17 Å². The summed E-state index contributed by atoms with van der Waals surface area (Å²) in [5.41, 5.74) is 0. The van der Waals surface area contributed by atoms with Gasteiger partial charge in [0.05, 0.1) is 10.9 Å². The van der Waals surface area contributed by atoms with E-state index >= 15 is 0 Å². The number of thiophene rings is 1. The van der Waals surface area contributed by atoms with Crippen molar-refractivity contribution in [2.45, 2.75) is 18.6 Å². The molecule has 2 atom stereocenters. The molecule has 2 aromatic heterocycles. The first-order valence-corrected chi connectivity index (χ1v) is 5.96. The van der Waals surface area contributed by atoms with Gasteiger partial charge >= 0.3 is 0 Å². The van der Waals surface area contributed by atoms with E-state index in [0.717, 1.165) is 4.88 Å². The zero-order chi connectivity index (χ0) is 11.0. The molecule has 3 rings (SSSR count). The number of halogens is 2. The monoisotopic (exact) mass is 275 g/mol. The summed E-state index contributed by atoms with van der Waals surface area (Å²) in [7, 11) is 0. The second-order valence-electron chi connectivity index (χ2n) is 3.73. The summed E-state index contributed by atoms with van der Waals surface area (Å²) in [6.07, 6.45) is -0.409. The standard InChI is InChI=1S/C10H10FN3OS.ClH/c11-6-4-7(12-5-6)10-13-9(14-15-10)8-2-1-3-16-8;/h1-3,6-7,12H,4-5H2;1H/t6-,7+;/m0./s1. The van der Waals surface area contributed by atoms with E-state index in [1.165, 1.54) is 0 Å². The lowest BCUT2D eigenvalue weighted by Gasteiger charge is -2.00. The van der Waals surface area contributed by atoms with Crippen LogP contribution in [0.2, 0.25) is 0 Å². The van der Waals surface area contributed by atoms with Crippen molar-refractivity contribution >= 4 is 23.7 Å². The molecule has 0 bridgehead atoms. The Hall–Kier alpha value is -0.980. The molecule has 0 saturated carbocycles. The molecule has 17 heavy (non-hydrogen) atoms. The number of alkyl halides is 1. The van der Waals surface area contributed by atoms with Crippen LogP contribution in [-0.2, 0) is 0 Å². The number of rotatable bonds is 2. The summed E-state index contributed by atoms with van der Waals surface area (Å²) in [6, 6.07) is 3.72. The minimum atomic E-state index is -0.818. The number of nitrogens with zero attached hydrogens (tertiary/aromatic N) is 2. The molecular weight excluding hydrogens is 265 g/mol. The van der Waals surface area contributed by atoms with Crippen LogP contribution in [-0.4, -0.2) is 22.9 Å². The Kier molecular flexibility index (Phi) is 3.76. The molecule has 3 heterocycles. The fraction of sp³-hybridized carbons (Fsp3) is 0.400. The lowest BCUT2D eigenvalue weighted by molar-refractivity contribution is 0.324. The smallest absolute Gasteiger partial charge is 0.244 e. The van der Waals surface area contributed by atoms with Gasteiger partial charge in [0, 0.05) is 13.0 Å². The van der Waals surface area contributed by atoms with Gasteiger partial charge < -0.3 is 9.84 Å². The summed E-state index contributed by atoms with van der Waals surface area (Å²) < 4.78 is 18.1. The van der Waals surface area contributed by atoms with Crippen LogP contribution >= 0.6 is 23.7 Å². The molecule has 0 spiro atoms. The average Bonchev–Trinajstić information content (AvgIpc) is 2.97. The van der Waals surface area contributed by atoms with E-state index in [1.807, 2.05) is 17.5 Å². The maximum Gasteiger partial charge on any atom is 0.244 e. The Labute approximate surface area is 108 Å². The van der Waals surface area contributed by atoms with Crippen LogP contribution in [0.1, 0.15) is 18.4 Å². The molecular formula is C10H11ClFN3OS. The molecule has 0 radical (unpaired) electrons. The molecule has 7 heteroatoms. The highest BCUT2D eigenvalue weighted by molar-refractivity contribution is 7.13. The zero-order valence-electron chi connectivity index (χ0n) is 8.80. The Balaban J connectivity index is 0.00000108. The van der Waals surface area contributed by atoms with Crippen molar-refractivity contribution in [1.29, 1.82) is 0 Å². The van der Waals surface area contributed by atoms with Gasteiger partial charge in [0.15, 0.2) is 0 Å². The van der Waals surface area contributed by atoms with Crippen molar-refractivity contribution in [3.63, 3.8) is 0 Å². The van der Waals surface area contributed by atoms with Gasteiger partial charge in [0.25, 0.3) is 0 Å². The summed E-state index contributed by atoms with van der Waals surface area (Å²) in [6.45, 7) is 0.362. The lowest BCUT2D eigenvalue weighted by Crippen LogP contribution is -2.14. The topological polar surface area (TPSA) is 51.0 Å². The second-order valence-corrected chi connectivity index (χ2v) is 4.68. The van der Waals surface area contributed by atoms with E-state index in [2.05, 4.69) is 15.5 Å². The van der Waals surface area contributed by atoms with Crippen LogP contribution in [0.4, 0.5) is 4.39 Å². The first kappa shape index (κ1) is 12.5. The molecule has 1 saturated heterocycles. The summed E-state index contributed by atoms with van der Waals surface area (Å²) in [4.78, 5) is 5.24. The zero-order valence-corrected chi connectivity index (χ0v) is 10.4. The molecule has 1 aliphatic rings. The Morgan fingerprint density at radius 1 is 1.53 bits per heavy atom. The molecule has 0 unspecified atom stereocenters. The SMILES string of the molecule is Cl.F[C@@H]1CN[C@@H](c2nc(-c3cccs3)no2)C1. The quantitative estimate of drug-likeness (QED) is 0.915. The average molecular weight is 276 g/mol. The third kappa shape index (κ3) is 2.48. The van der Waals surface area contributed by atoms with E-state index in [0.29, 0.717) is 24.7 Å². The molecule has 2 aromatic rings. The van der Waals surface area contributed by atoms with Crippen LogP contribution in [0.15, 0.2) is 22.0 Å². The third-order valence-corrected chi connectivity index (χ3v) is 3.42. The molecule has 0 amide bonds. The highest BCUT2D eigenvalue weighted by Gasteiger charge is 2.29. The first-order valence-electron chi connectivity index (χ1n) is 5.08. The Bertz CT molecular complexity index is 476. The molecule has 1 N–H and O–H groups in total. The van der Waals surface area contributed by atoms with E-state index < -0.39 is 6.17 Å². The van der Waals surface area contributed by atoms with Crippen LogP contribution in [0, 0.1) is 0 Å². The van der Waals surface area contributed by atoms with E-state index in [-0.39, 0.29) is 18.4 Å². The van der Waals surface area contributed by atoms with Crippen LogP contribution in [0.3, 0.4) is 0 Å². The predicted octanol–water partition coefficient (Wildman–Crippen LogP) is 2.59. The third-order valence-electron chi connectivity index (χ3n) is 2.56. The number of hydrogen-bond acceptors (Lipinski definition) is 5. The second kappa shape index (κ2) is 5.12. The maximum absolute atomic E-state index is 13.0. The van der Waals surface area contributed by atoms with Gasteiger partial charge in [-0.25, -0.2) is 4.39 Å². The Morgan fingerprint density at radius 3 is 3.06 bits per heavy atom. The molecule has 1 fully saturated rings. The van der Waals surface area contributed by atoms with Crippen LogP contribution in [0.5, 0.6) is 0 Å². The normalized spacial score (nSPS) is 23.6. The van der Waals surface area contributed by atoms with E-state index in [1.54, 1.807) is 11.3 Å². The fourth-order valence-corrected chi connectivity index (χ4v) is 2.41. The van der Waals surface area contributed by atoms with Gasteiger partial charge in [-0.2, -0.15) is 4.98 Å².